The molecule has 0 aromatic heterocycles. The molecule has 0 aliphatic carbocycles. The number of nitrogens with zero attached hydrogens (tertiary/aromatic N) is 2. The Kier molecular flexibility index (Phi) is 8.60. The molecule has 2 heterocycles. The molecule has 0 saturated carbocycles. The summed E-state index contributed by atoms with van der Waals surface area (Å²) in [4.78, 5) is 0. The van der Waals surface area contributed by atoms with Crippen molar-refractivity contribution in [2.75, 3.05) is 13.2 Å². The topological polar surface area (TPSA) is 15.7 Å². The third-order valence-electron chi connectivity index (χ3n) is 5.80. The van der Waals surface area contributed by atoms with Crippen molar-refractivity contribution in [2.45, 2.75) is 37.9 Å². The van der Waals surface area contributed by atoms with Crippen LogP contribution in [0.1, 0.15) is 43.0 Å². The molecule has 0 bridgehead atoms. The van der Waals surface area contributed by atoms with Crippen LogP contribution in [0, 0.1) is 0 Å². The van der Waals surface area contributed by atoms with Crippen LogP contribution in [0.25, 0.3) is 0 Å². The van der Waals surface area contributed by atoms with E-state index in [0.717, 1.165) is 24.4 Å². The van der Waals surface area contributed by atoms with Gasteiger partial charge >= 0.3 is 0 Å². The van der Waals surface area contributed by atoms with Gasteiger partial charge in [-0.3, -0.25) is 0 Å². The van der Waals surface area contributed by atoms with Gasteiger partial charge in [0.05, 0.1) is 18.4 Å². The molecule has 160 valence electrons. The summed E-state index contributed by atoms with van der Waals surface area (Å²) in [7, 11) is 3.62. The first kappa shape index (κ1) is 23.5. The third-order valence-corrected chi connectivity index (χ3v) is 10.2. The Morgan fingerprint density at radius 3 is 2.30 bits per heavy atom. The van der Waals surface area contributed by atoms with Crippen LogP contribution < -0.4 is 0 Å². The van der Waals surface area contributed by atoms with Crippen LogP contribution in [0.5, 0.6) is 0 Å². The fourth-order valence-electron chi connectivity index (χ4n) is 4.42. The molecule has 2 aliphatic heterocycles. The van der Waals surface area contributed by atoms with E-state index < -0.39 is 0 Å². The van der Waals surface area contributed by atoms with E-state index in [2.05, 4.69) is 100 Å². The standard InChI is InChI=1S/C22H23ClI2N2OS2/c1-2-28-22-13-20(15-6-4-3-5-7-15)27(30-25)21-12-19(26(29-24)14-18(21)22)16-8-10-17(23)11-9-16/h3-11,19-21H,2,12-14H2,1H3/t19-,20-,21-/m0/s1. The summed E-state index contributed by atoms with van der Waals surface area (Å²) in [5, 5.41) is 0.786. The molecule has 0 amide bonds. The lowest BCUT2D eigenvalue weighted by Crippen LogP contribution is -2.47. The van der Waals surface area contributed by atoms with Crippen molar-refractivity contribution in [3.63, 3.8) is 0 Å². The second-order valence-electron chi connectivity index (χ2n) is 7.40. The lowest BCUT2D eigenvalue weighted by molar-refractivity contribution is 0.129. The molecule has 2 aliphatic rings. The SMILES string of the molecule is CCOC1=C2CN(SI)[C@H](c3ccc(Cl)cc3)C[C@@H]2N(SI)[C@H](c2ccccc2)C1. The van der Waals surface area contributed by atoms with E-state index in [1.54, 1.807) is 9.12 Å². The molecule has 3 atom stereocenters. The van der Waals surface area contributed by atoms with Gasteiger partial charge in [0.15, 0.2) is 0 Å². The molecule has 2 aromatic carbocycles. The number of fused-ring (bicyclic) bond motifs is 1. The maximum atomic E-state index is 6.23. The zero-order chi connectivity index (χ0) is 21.1. The average molecular weight is 685 g/mol. The second kappa shape index (κ2) is 11.0. The largest absolute Gasteiger partial charge is 0.498 e. The van der Waals surface area contributed by atoms with Crippen LogP contribution in [0.4, 0.5) is 0 Å². The lowest BCUT2D eigenvalue weighted by Gasteiger charge is -2.48. The van der Waals surface area contributed by atoms with Gasteiger partial charge in [-0.25, -0.2) is 8.61 Å². The van der Waals surface area contributed by atoms with Gasteiger partial charge < -0.3 is 4.74 Å². The van der Waals surface area contributed by atoms with Crippen molar-refractivity contribution < 1.29 is 4.74 Å². The van der Waals surface area contributed by atoms with Gasteiger partial charge in [-0.05, 0) is 54.8 Å². The smallest absolute Gasteiger partial charge is 0.1000 e. The van der Waals surface area contributed by atoms with E-state index in [0.29, 0.717) is 24.7 Å². The van der Waals surface area contributed by atoms with E-state index in [1.165, 1.54) is 22.5 Å². The first-order chi connectivity index (χ1) is 14.7. The quantitative estimate of drug-likeness (QED) is 0.225. The molecule has 0 radical (unpaired) electrons. The predicted octanol–water partition coefficient (Wildman–Crippen LogP) is 8.19. The highest BCUT2D eigenvalue weighted by molar-refractivity contribution is 14.2. The Labute approximate surface area is 216 Å². The maximum absolute atomic E-state index is 6.23. The summed E-state index contributed by atoms with van der Waals surface area (Å²) in [6.07, 6.45) is 1.95. The van der Waals surface area contributed by atoms with E-state index in [1.807, 2.05) is 21.3 Å². The van der Waals surface area contributed by atoms with Crippen LogP contribution in [-0.2, 0) is 4.74 Å². The van der Waals surface area contributed by atoms with E-state index in [-0.39, 0.29) is 0 Å². The molecule has 4 rings (SSSR count). The molecule has 2 aromatic rings. The van der Waals surface area contributed by atoms with E-state index in [4.69, 9.17) is 16.3 Å². The average Bonchev–Trinajstić information content (AvgIpc) is 2.79. The minimum Gasteiger partial charge on any atom is -0.498 e. The van der Waals surface area contributed by atoms with Gasteiger partial charge in [0.25, 0.3) is 0 Å². The predicted molar refractivity (Wildman–Crippen MR) is 147 cm³/mol. The van der Waals surface area contributed by atoms with Gasteiger partial charge in [0.1, 0.15) is 0 Å². The summed E-state index contributed by atoms with van der Waals surface area (Å²) in [6, 6.07) is 20.2. The minimum atomic E-state index is 0.313. The summed E-state index contributed by atoms with van der Waals surface area (Å²) < 4.78 is 11.3. The normalized spacial score (nSPS) is 25.3. The van der Waals surface area contributed by atoms with Gasteiger partial charge in [0, 0.05) is 78.1 Å². The van der Waals surface area contributed by atoms with Crippen molar-refractivity contribution in [1.29, 1.82) is 0 Å². The third kappa shape index (κ3) is 4.97. The van der Waals surface area contributed by atoms with Gasteiger partial charge in [-0.15, -0.1) is 0 Å². The summed E-state index contributed by atoms with van der Waals surface area (Å²) in [6.45, 7) is 3.71. The Morgan fingerprint density at radius 1 is 0.967 bits per heavy atom. The Bertz CT molecular complexity index is 884. The Hall–Kier alpha value is 0.350. The number of hydrogen-bond acceptors (Lipinski definition) is 5. The van der Waals surface area contributed by atoms with Crippen LogP contribution in [-0.4, -0.2) is 27.8 Å². The van der Waals surface area contributed by atoms with Crippen LogP contribution in [0.15, 0.2) is 65.9 Å². The molecule has 1 fully saturated rings. The number of piperidine rings is 1. The van der Waals surface area contributed by atoms with Crippen molar-refractivity contribution in [3.8, 4) is 0 Å². The first-order valence-electron chi connectivity index (χ1n) is 9.93. The molecule has 0 unspecified atom stereocenters. The minimum absolute atomic E-state index is 0.313. The molecule has 8 heteroatoms. The Morgan fingerprint density at radius 2 is 1.67 bits per heavy atom. The van der Waals surface area contributed by atoms with Gasteiger partial charge in [-0.1, -0.05) is 54.1 Å². The molecule has 1 saturated heterocycles. The number of halogens is 3. The second-order valence-corrected chi connectivity index (χ2v) is 11.4. The Balaban J connectivity index is 1.73. The van der Waals surface area contributed by atoms with Crippen LogP contribution in [0.3, 0.4) is 0 Å². The zero-order valence-corrected chi connectivity index (χ0v) is 23.2. The summed E-state index contributed by atoms with van der Waals surface area (Å²) in [5.41, 5.74) is 4.11. The highest BCUT2D eigenvalue weighted by Crippen LogP contribution is 2.51. The highest BCUT2D eigenvalue weighted by atomic mass is 127. The number of benzene rings is 2. The van der Waals surface area contributed by atoms with Crippen molar-refractivity contribution in [2.24, 2.45) is 0 Å². The van der Waals surface area contributed by atoms with Gasteiger partial charge in [0.2, 0.25) is 0 Å². The lowest BCUT2D eigenvalue weighted by atomic mass is 9.84. The molecule has 30 heavy (non-hydrogen) atoms. The number of hydrogen-bond donors (Lipinski definition) is 0. The molecule has 0 spiro atoms. The fourth-order valence-corrected chi connectivity index (χ4v) is 8.53. The van der Waals surface area contributed by atoms with Gasteiger partial charge in [-0.2, -0.15) is 0 Å². The molecule has 3 nitrogen and oxygen atoms in total. The van der Waals surface area contributed by atoms with E-state index >= 15 is 0 Å². The van der Waals surface area contributed by atoms with Crippen molar-refractivity contribution in [1.82, 2.24) is 8.61 Å². The first-order valence-corrected chi connectivity index (χ1v) is 16.9. The number of rotatable bonds is 6. The highest BCUT2D eigenvalue weighted by Gasteiger charge is 2.44. The number of ether oxygens (including phenoxy) is 1. The van der Waals surface area contributed by atoms with Crippen LogP contribution >= 0.6 is 72.3 Å². The van der Waals surface area contributed by atoms with Crippen molar-refractivity contribution >= 4 is 72.3 Å². The monoisotopic (exact) mass is 684 g/mol. The molecular formula is C22H23ClI2N2OS2. The molecular weight excluding hydrogens is 662 g/mol. The van der Waals surface area contributed by atoms with Crippen LogP contribution in [0.2, 0.25) is 5.02 Å². The molecule has 0 N–H and O–H groups in total. The fraction of sp³-hybridized carbons (Fsp3) is 0.364. The van der Waals surface area contributed by atoms with E-state index in [9.17, 15) is 0 Å². The summed E-state index contributed by atoms with van der Waals surface area (Å²) >= 11 is 11.0. The maximum Gasteiger partial charge on any atom is 0.1000 e. The van der Waals surface area contributed by atoms with Crippen molar-refractivity contribution in [3.05, 3.63) is 82.1 Å². The summed E-state index contributed by atoms with van der Waals surface area (Å²) in [5.74, 6) is 1.18. The zero-order valence-electron chi connectivity index (χ0n) is 16.5.